The number of aryl methyl sites for hydroxylation is 1. The Bertz CT molecular complexity index is 664. The van der Waals surface area contributed by atoms with Gasteiger partial charge in [0.25, 0.3) is 5.91 Å². The van der Waals surface area contributed by atoms with E-state index in [1.165, 1.54) is 7.11 Å². The molecular weight excluding hydrogens is 393 g/mol. The molecule has 0 saturated carbocycles. The fourth-order valence-corrected chi connectivity index (χ4v) is 2.03. The number of ether oxygens (including phenoxy) is 1. The third-order valence-corrected chi connectivity index (χ3v) is 4.02. The zero-order chi connectivity index (χ0) is 14.7. The van der Waals surface area contributed by atoms with Gasteiger partial charge in [0, 0.05) is 20.9 Å². The molecule has 1 aromatic heterocycles. The van der Waals surface area contributed by atoms with Crippen molar-refractivity contribution in [3.05, 3.63) is 44.1 Å². The van der Waals surface area contributed by atoms with Crippen LogP contribution >= 0.6 is 34.2 Å². The summed E-state index contributed by atoms with van der Waals surface area (Å²) in [6.07, 6.45) is 0. The molecule has 7 heteroatoms. The lowest BCUT2D eigenvalue weighted by atomic mass is 10.2. The molecule has 0 atom stereocenters. The van der Waals surface area contributed by atoms with Gasteiger partial charge in [-0.15, -0.1) is 0 Å². The third-order valence-electron chi connectivity index (χ3n) is 2.45. The molecule has 1 heterocycles. The van der Waals surface area contributed by atoms with E-state index in [9.17, 15) is 4.79 Å². The van der Waals surface area contributed by atoms with Gasteiger partial charge < -0.3 is 4.74 Å². The first-order valence-corrected chi connectivity index (χ1v) is 7.11. The van der Waals surface area contributed by atoms with Crippen LogP contribution in [0.25, 0.3) is 0 Å². The molecular formula is C13H11ClIN3O2. The summed E-state index contributed by atoms with van der Waals surface area (Å²) >= 11 is 8.09. The van der Waals surface area contributed by atoms with Crippen LogP contribution in [-0.4, -0.2) is 23.0 Å². The van der Waals surface area contributed by atoms with Crippen LogP contribution in [0.15, 0.2) is 24.3 Å². The van der Waals surface area contributed by atoms with E-state index in [1.54, 1.807) is 31.2 Å². The molecule has 0 aliphatic rings. The number of rotatable bonds is 3. The van der Waals surface area contributed by atoms with Crippen LogP contribution in [0.1, 0.15) is 16.1 Å². The Morgan fingerprint density at radius 1 is 1.35 bits per heavy atom. The lowest BCUT2D eigenvalue weighted by Crippen LogP contribution is -2.15. The summed E-state index contributed by atoms with van der Waals surface area (Å²) in [6.45, 7) is 1.79. The molecule has 1 aromatic carbocycles. The van der Waals surface area contributed by atoms with Crippen molar-refractivity contribution in [2.45, 2.75) is 6.92 Å². The van der Waals surface area contributed by atoms with Crippen molar-refractivity contribution < 1.29 is 9.53 Å². The molecule has 2 aromatic rings. The summed E-state index contributed by atoms with van der Waals surface area (Å²) in [5.41, 5.74) is 1.15. The Hall–Kier alpha value is -1.41. The number of hydrogen-bond donors (Lipinski definition) is 1. The number of amides is 1. The van der Waals surface area contributed by atoms with Crippen LogP contribution in [0.2, 0.25) is 5.02 Å². The molecule has 1 amide bonds. The van der Waals surface area contributed by atoms with Gasteiger partial charge in [-0.3, -0.25) is 10.1 Å². The number of nitrogens with one attached hydrogen (secondary N) is 1. The number of nitrogens with zero attached hydrogens (tertiary/aromatic N) is 2. The minimum Gasteiger partial charge on any atom is -0.481 e. The Morgan fingerprint density at radius 2 is 2.10 bits per heavy atom. The highest BCUT2D eigenvalue weighted by molar-refractivity contribution is 14.1. The number of carbonyl (C=O) groups excluding carboxylic acids is 1. The average molecular weight is 404 g/mol. The highest BCUT2D eigenvalue weighted by atomic mass is 127. The number of methoxy groups -OCH3 is 1. The molecule has 0 fully saturated rings. The van der Waals surface area contributed by atoms with E-state index in [1.807, 2.05) is 0 Å². The average Bonchev–Trinajstić information content (AvgIpc) is 2.41. The van der Waals surface area contributed by atoms with Gasteiger partial charge >= 0.3 is 0 Å². The Kier molecular flexibility index (Phi) is 4.77. The lowest BCUT2D eigenvalue weighted by molar-refractivity contribution is 0.102. The van der Waals surface area contributed by atoms with Gasteiger partial charge in [0.2, 0.25) is 11.8 Å². The minimum absolute atomic E-state index is 0.196. The summed E-state index contributed by atoms with van der Waals surface area (Å²) in [4.78, 5) is 20.3. The summed E-state index contributed by atoms with van der Waals surface area (Å²) in [7, 11) is 1.51. The first-order valence-electron chi connectivity index (χ1n) is 5.65. The molecule has 5 nitrogen and oxygen atoms in total. The summed E-state index contributed by atoms with van der Waals surface area (Å²) in [5.74, 6) is 0.269. The predicted octanol–water partition coefficient (Wildman–Crippen LogP) is 3.30. The normalized spacial score (nSPS) is 10.2. The van der Waals surface area contributed by atoms with Gasteiger partial charge in [-0.2, -0.15) is 4.98 Å². The number of halogens is 2. The van der Waals surface area contributed by atoms with Crippen molar-refractivity contribution in [2.75, 3.05) is 12.4 Å². The standard InChI is InChI=1S/C13H11ClIN3O2/c1-7-5-11(20-2)17-13(16-7)18-12(19)8-3-4-10(15)9(14)6-8/h3-6H,1-2H3,(H,16,17,18,19). The summed E-state index contributed by atoms with van der Waals surface area (Å²) in [5, 5.41) is 3.15. The molecule has 0 bridgehead atoms. The SMILES string of the molecule is COc1cc(C)nc(NC(=O)c2ccc(I)c(Cl)c2)n1. The number of aromatic nitrogens is 2. The number of anilines is 1. The molecule has 2 rings (SSSR count). The van der Waals surface area contributed by atoms with E-state index in [0.29, 0.717) is 22.2 Å². The fraction of sp³-hybridized carbons (Fsp3) is 0.154. The van der Waals surface area contributed by atoms with Crippen LogP contribution < -0.4 is 10.1 Å². The van der Waals surface area contributed by atoms with Gasteiger partial charge in [0.1, 0.15) is 0 Å². The van der Waals surface area contributed by atoms with Crippen molar-refractivity contribution in [1.29, 1.82) is 0 Å². The Labute approximate surface area is 134 Å². The molecule has 0 saturated heterocycles. The minimum atomic E-state index is -0.323. The monoisotopic (exact) mass is 403 g/mol. The van der Waals surface area contributed by atoms with Crippen LogP contribution in [0.5, 0.6) is 5.88 Å². The van der Waals surface area contributed by atoms with Gasteiger partial charge in [-0.1, -0.05) is 11.6 Å². The molecule has 0 unspecified atom stereocenters. The Balaban J connectivity index is 2.23. The van der Waals surface area contributed by atoms with E-state index in [2.05, 4.69) is 37.9 Å². The van der Waals surface area contributed by atoms with E-state index in [4.69, 9.17) is 16.3 Å². The van der Waals surface area contributed by atoms with Crippen molar-refractivity contribution >= 4 is 46.0 Å². The highest BCUT2D eigenvalue weighted by Gasteiger charge is 2.11. The quantitative estimate of drug-likeness (QED) is 0.799. The maximum Gasteiger partial charge on any atom is 0.258 e. The van der Waals surface area contributed by atoms with Crippen molar-refractivity contribution in [3.63, 3.8) is 0 Å². The fourth-order valence-electron chi connectivity index (χ4n) is 1.51. The number of hydrogen-bond acceptors (Lipinski definition) is 4. The third kappa shape index (κ3) is 3.57. The topological polar surface area (TPSA) is 64.1 Å². The number of carbonyl (C=O) groups is 1. The maximum atomic E-state index is 12.1. The summed E-state index contributed by atoms with van der Waals surface area (Å²) < 4.78 is 5.92. The zero-order valence-corrected chi connectivity index (χ0v) is 13.7. The smallest absolute Gasteiger partial charge is 0.258 e. The largest absolute Gasteiger partial charge is 0.481 e. The molecule has 0 aliphatic carbocycles. The first-order chi connectivity index (χ1) is 9.49. The van der Waals surface area contributed by atoms with E-state index in [0.717, 1.165) is 3.57 Å². The second-order valence-corrected chi connectivity index (χ2v) is 5.53. The van der Waals surface area contributed by atoms with Gasteiger partial charge in [-0.05, 0) is 47.7 Å². The second-order valence-electron chi connectivity index (χ2n) is 3.96. The molecule has 0 aliphatic heterocycles. The van der Waals surface area contributed by atoms with Gasteiger partial charge in [-0.25, -0.2) is 4.98 Å². The van der Waals surface area contributed by atoms with Crippen LogP contribution in [0, 0.1) is 10.5 Å². The van der Waals surface area contributed by atoms with Crippen LogP contribution in [-0.2, 0) is 0 Å². The first kappa shape index (κ1) is 15.0. The molecule has 1 N–H and O–H groups in total. The van der Waals surface area contributed by atoms with Crippen molar-refractivity contribution in [2.24, 2.45) is 0 Å². The van der Waals surface area contributed by atoms with E-state index in [-0.39, 0.29) is 11.9 Å². The lowest BCUT2D eigenvalue weighted by Gasteiger charge is -2.07. The highest BCUT2D eigenvalue weighted by Crippen LogP contribution is 2.20. The predicted molar refractivity (Wildman–Crippen MR) is 85.4 cm³/mol. The van der Waals surface area contributed by atoms with Crippen LogP contribution in [0.4, 0.5) is 5.95 Å². The van der Waals surface area contributed by atoms with Crippen molar-refractivity contribution in [1.82, 2.24) is 9.97 Å². The number of benzene rings is 1. The molecule has 20 heavy (non-hydrogen) atoms. The molecule has 104 valence electrons. The van der Waals surface area contributed by atoms with E-state index < -0.39 is 0 Å². The summed E-state index contributed by atoms with van der Waals surface area (Å²) in [6, 6.07) is 6.74. The van der Waals surface area contributed by atoms with Crippen molar-refractivity contribution in [3.8, 4) is 5.88 Å². The zero-order valence-electron chi connectivity index (χ0n) is 10.8. The molecule has 0 spiro atoms. The van der Waals surface area contributed by atoms with Crippen LogP contribution in [0.3, 0.4) is 0 Å². The second kappa shape index (κ2) is 6.36. The van der Waals surface area contributed by atoms with E-state index >= 15 is 0 Å². The molecule has 0 radical (unpaired) electrons. The maximum absolute atomic E-state index is 12.1. The van der Waals surface area contributed by atoms with Gasteiger partial charge in [0.05, 0.1) is 12.1 Å². The van der Waals surface area contributed by atoms with Gasteiger partial charge in [0.15, 0.2) is 0 Å². The Morgan fingerprint density at radius 3 is 2.75 bits per heavy atom.